The van der Waals surface area contributed by atoms with Gasteiger partial charge >= 0.3 is 0 Å². The summed E-state index contributed by atoms with van der Waals surface area (Å²) in [5.74, 6) is 0. The van der Waals surface area contributed by atoms with Gasteiger partial charge in [-0.1, -0.05) is 30.3 Å². The summed E-state index contributed by atoms with van der Waals surface area (Å²) in [6.07, 6.45) is 2.37. The third-order valence-electron chi connectivity index (χ3n) is 4.13. The Labute approximate surface area is 109 Å². The molecule has 0 bridgehead atoms. The number of benzene rings is 1. The van der Waals surface area contributed by atoms with E-state index < -0.39 is 0 Å². The number of nitrogens with zero attached hydrogens (tertiary/aromatic N) is 1. The molecule has 0 amide bonds. The molecule has 1 unspecified atom stereocenters. The van der Waals surface area contributed by atoms with Crippen molar-refractivity contribution in [3.63, 3.8) is 0 Å². The summed E-state index contributed by atoms with van der Waals surface area (Å²) in [6.45, 7) is 5.19. The van der Waals surface area contributed by atoms with Crippen LogP contribution < -0.4 is 5.32 Å². The number of hydrogen-bond donors (Lipinski definition) is 1. The standard InChI is InChI=1S/C15H22N2O/c1-2-4-13(5-3-1)15-12-16-8-9-17(15)14-6-10-18-11-7-14/h1-5,14-16H,6-12H2. The molecule has 18 heavy (non-hydrogen) atoms. The summed E-state index contributed by atoms with van der Waals surface area (Å²) < 4.78 is 5.49. The van der Waals surface area contributed by atoms with Gasteiger partial charge in [0.2, 0.25) is 0 Å². The van der Waals surface area contributed by atoms with E-state index in [-0.39, 0.29) is 0 Å². The van der Waals surface area contributed by atoms with Crippen LogP contribution in [0, 0.1) is 0 Å². The third-order valence-corrected chi connectivity index (χ3v) is 4.13. The molecule has 3 rings (SSSR count). The first-order chi connectivity index (χ1) is 8.95. The van der Waals surface area contributed by atoms with Gasteiger partial charge in [0.15, 0.2) is 0 Å². The Kier molecular flexibility index (Phi) is 3.93. The van der Waals surface area contributed by atoms with E-state index in [1.54, 1.807) is 0 Å². The van der Waals surface area contributed by atoms with Gasteiger partial charge in [-0.3, -0.25) is 4.90 Å². The summed E-state index contributed by atoms with van der Waals surface area (Å²) in [5, 5.41) is 3.53. The highest BCUT2D eigenvalue weighted by atomic mass is 16.5. The average Bonchev–Trinajstić information content (AvgIpc) is 2.49. The van der Waals surface area contributed by atoms with Gasteiger partial charge in [0.05, 0.1) is 0 Å². The number of rotatable bonds is 2. The summed E-state index contributed by atoms with van der Waals surface area (Å²) in [4.78, 5) is 2.69. The normalized spacial score (nSPS) is 27.2. The molecule has 3 nitrogen and oxygen atoms in total. The molecule has 1 N–H and O–H groups in total. The van der Waals surface area contributed by atoms with Gasteiger partial charge < -0.3 is 10.1 Å². The predicted octanol–water partition coefficient (Wildman–Crippen LogP) is 1.81. The van der Waals surface area contributed by atoms with E-state index in [2.05, 4.69) is 40.5 Å². The van der Waals surface area contributed by atoms with Crippen LogP contribution in [0.25, 0.3) is 0 Å². The van der Waals surface area contributed by atoms with Crippen molar-refractivity contribution in [2.75, 3.05) is 32.8 Å². The molecule has 2 fully saturated rings. The van der Waals surface area contributed by atoms with E-state index in [0.29, 0.717) is 12.1 Å². The lowest BCUT2D eigenvalue weighted by Crippen LogP contribution is -2.51. The molecule has 0 aliphatic carbocycles. The summed E-state index contributed by atoms with van der Waals surface area (Å²) in [5.41, 5.74) is 1.44. The molecular weight excluding hydrogens is 224 g/mol. The van der Waals surface area contributed by atoms with E-state index in [1.165, 1.54) is 18.4 Å². The van der Waals surface area contributed by atoms with Crippen LogP contribution in [0.15, 0.2) is 30.3 Å². The molecule has 98 valence electrons. The second-order valence-electron chi connectivity index (χ2n) is 5.21. The van der Waals surface area contributed by atoms with Crippen LogP contribution >= 0.6 is 0 Å². The Morgan fingerprint density at radius 2 is 1.89 bits per heavy atom. The zero-order chi connectivity index (χ0) is 12.2. The Balaban J connectivity index is 1.77. The van der Waals surface area contributed by atoms with E-state index >= 15 is 0 Å². The molecule has 0 spiro atoms. The highest BCUT2D eigenvalue weighted by molar-refractivity contribution is 5.20. The second-order valence-corrected chi connectivity index (χ2v) is 5.21. The largest absolute Gasteiger partial charge is 0.381 e. The third kappa shape index (κ3) is 2.58. The second kappa shape index (κ2) is 5.83. The maximum atomic E-state index is 5.49. The van der Waals surface area contributed by atoms with Crippen molar-refractivity contribution in [2.45, 2.75) is 24.9 Å². The van der Waals surface area contributed by atoms with E-state index in [0.717, 1.165) is 32.8 Å². The Morgan fingerprint density at radius 3 is 2.67 bits per heavy atom. The van der Waals surface area contributed by atoms with Crippen molar-refractivity contribution in [1.29, 1.82) is 0 Å². The summed E-state index contributed by atoms with van der Waals surface area (Å²) in [7, 11) is 0. The van der Waals surface area contributed by atoms with Crippen LogP contribution in [-0.4, -0.2) is 43.8 Å². The molecule has 1 aromatic rings. The van der Waals surface area contributed by atoms with Crippen molar-refractivity contribution in [3.05, 3.63) is 35.9 Å². The number of hydrogen-bond acceptors (Lipinski definition) is 3. The van der Waals surface area contributed by atoms with Crippen molar-refractivity contribution in [2.24, 2.45) is 0 Å². The highest BCUT2D eigenvalue weighted by Crippen LogP contribution is 2.27. The lowest BCUT2D eigenvalue weighted by atomic mass is 9.98. The first-order valence-electron chi connectivity index (χ1n) is 7.04. The molecule has 3 heteroatoms. The Bertz CT molecular complexity index is 362. The van der Waals surface area contributed by atoms with E-state index in [1.807, 2.05) is 0 Å². The van der Waals surface area contributed by atoms with E-state index in [9.17, 15) is 0 Å². The van der Waals surface area contributed by atoms with Gasteiger partial charge in [-0.2, -0.15) is 0 Å². The zero-order valence-corrected chi connectivity index (χ0v) is 10.8. The van der Waals surface area contributed by atoms with Crippen LogP contribution in [0.1, 0.15) is 24.4 Å². The fourth-order valence-electron chi connectivity index (χ4n) is 3.16. The first-order valence-corrected chi connectivity index (χ1v) is 7.04. The molecular formula is C15H22N2O. The van der Waals surface area contributed by atoms with Gasteiger partial charge in [-0.25, -0.2) is 0 Å². The maximum absolute atomic E-state index is 5.49. The maximum Gasteiger partial charge on any atom is 0.0480 e. The highest BCUT2D eigenvalue weighted by Gasteiger charge is 2.30. The van der Waals surface area contributed by atoms with Crippen LogP contribution in [0.5, 0.6) is 0 Å². The van der Waals surface area contributed by atoms with Gasteiger partial charge in [-0.15, -0.1) is 0 Å². The summed E-state index contributed by atoms with van der Waals surface area (Å²) >= 11 is 0. The molecule has 2 saturated heterocycles. The molecule has 0 aromatic heterocycles. The van der Waals surface area contributed by atoms with Gasteiger partial charge in [0.1, 0.15) is 0 Å². The van der Waals surface area contributed by atoms with Crippen LogP contribution in [0.3, 0.4) is 0 Å². The molecule has 2 aliphatic rings. The van der Waals surface area contributed by atoms with Crippen molar-refractivity contribution >= 4 is 0 Å². The minimum absolute atomic E-state index is 0.531. The van der Waals surface area contributed by atoms with Crippen LogP contribution in [0.2, 0.25) is 0 Å². The number of ether oxygens (including phenoxy) is 1. The lowest BCUT2D eigenvalue weighted by molar-refractivity contribution is 0.00847. The van der Waals surface area contributed by atoms with Crippen LogP contribution in [-0.2, 0) is 4.74 Å². The minimum atomic E-state index is 0.531. The minimum Gasteiger partial charge on any atom is -0.381 e. The Hall–Kier alpha value is -0.900. The van der Waals surface area contributed by atoms with Gasteiger partial charge in [0.25, 0.3) is 0 Å². The van der Waals surface area contributed by atoms with Gasteiger partial charge in [-0.05, 0) is 18.4 Å². The quantitative estimate of drug-likeness (QED) is 0.861. The van der Waals surface area contributed by atoms with Crippen molar-refractivity contribution in [1.82, 2.24) is 10.2 Å². The molecule has 1 aromatic carbocycles. The summed E-state index contributed by atoms with van der Waals surface area (Å²) in [6, 6.07) is 12.1. The average molecular weight is 246 g/mol. The monoisotopic (exact) mass is 246 g/mol. The van der Waals surface area contributed by atoms with E-state index in [4.69, 9.17) is 4.74 Å². The Morgan fingerprint density at radius 1 is 1.11 bits per heavy atom. The predicted molar refractivity (Wildman–Crippen MR) is 72.6 cm³/mol. The van der Waals surface area contributed by atoms with Gasteiger partial charge in [0, 0.05) is 44.9 Å². The first kappa shape index (κ1) is 12.2. The molecule has 0 radical (unpaired) electrons. The topological polar surface area (TPSA) is 24.5 Å². The zero-order valence-electron chi connectivity index (χ0n) is 10.8. The van der Waals surface area contributed by atoms with Crippen molar-refractivity contribution in [3.8, 4) is 0 Å². The fourth-order valence-corrected chi connectivity index (χ4v) is 3.16. The van der Waals surface area contributed by atoms with Crippen LogP contribution in [0.4, 0.5) is 0 Å². The fraction of sp³-hybridized carbons (Fsp3) is 0.600. The smallest absolute Gasteiger partial charge is 0.0480 e. The van der Waals surface area contributed by atoms with Crippen molar-refractivity contribution < 1.29 is 4.74 Å². The molecule has 2 aliphatic heterocycles. The number of nitrogens with one attached hydrogen (secondary N) is 1. The molecule has 2 heterocycles. The SMILES string of the molecule is c1ccc(C2CNCCN2C2CCOCC2)cc1. The number of piperazine rings is 1. The molecule has 0 saturated carbocycles. The lowest BCUT2D eigenvalue weighted by Gasteiger charge is -2.43. The molecule has 1 atom stereocenters.